The molecule has 6 nitrogen and oxygen atoms in total. The average molecular weight is 391 g/mol. The summed E-state index contributed by atoms with van der Waals surface area (Å²) in [4.78, 5) is 12.6. The van der Waals surface area contributed by atoms with Gasteiger partial charge in [0.25, 0.3) is 0 Å². The van der Waals surface area contributed by atoms with E-state index < -0.39 is 22.0 Å². The van der Waals surface area contributed by atoms with Gasteiger partial charge in [0.05, 0.1) is 18.0 Å². The van der Waals surface area contributed by atoms with Crippen molar-refractivity contribution < 1.29 is 17.9 Å². The number of hydrogen-bond donors (Lipinski definition) is 2. The molecule has 27 heavy (non-hydrogen) atoms. The number of aryl methyl sites for hydroxylation is 4. The van der Waals surface area contributed by atoms with E-state index >= 15 is 0 Å². The van der Waals surface area contributed by atoms with Crippen molar-refractivity contribution in [1.29, 1.82) is 0 Å². The lowest BCUT2D eigenvalue weighted by atomic mass is 10.0. The van der Waals surface area contributed by atoms with Crippen molar-refractivity contribution >= 4 is 21.6 Å². The van der Waals surface area contributed by atoms with Crippen LogP contribution in [0.15, 0.2) is 35.2 Å². The molecule has 1 amide bonds. The third-order valence-electron chi connectivity index (χ3n) is 4.33. The molecular formula is C20H26N2O4S. The van der Waals surface area contributed by atoms with E-state index in [-0.39, 0.29) is 4.90 Å². The topological polar surface area (TPSA) is 84.5 Å². The van der Waals surface area contributed by atoms with Crippen LogP contribution in [-0.2, 0) is 14.8 Å². The zero-order valence-electron chi connectivity index (χ0n) is 16.5. The number of amides is 1. The number of benzene rings is 2. The summed E-state index contributed by atoms with van der Waals surface area (Å²) in [5, 5.41) is 2.82. The van der Waals surface area contributed by atoms with Crippen LogP contribution in [0.4, 0.5) is 5.69 Å². The van der Waals surface area contributed by atoms with E-state index in [0.717, 1.165) is 16.7 Å². The zero-order valence-corrected chi connectivity index (χ0v) is 17.3. The second kappa shape index (κ2) is 8.10. The number of carbonyl (C=O) groups excluding carboxylic acids is 1. The first-order chi connectivity index (χ1) is 12.5. The van der Waals surface area contributed by atoms with Gasteiger partial charge in [-0.05, 0) is 69.5 Å². The van der Waals surface area contributed by atoms with Gasteiger partial charge in [0.15, 0.2) is 0 Å². The van der Waals surface area contributed by atoms with Crippen LogP contribution in [0.25, 0.3) is 0 Å². The summed E-state index contributed by atoms with van der Waals surface area (Å²) in [5.74, 6) is 0.184. The van der Waals surface area contributed by atoms with Crippen LogP contribution >= 0.6 is 0 Å². The lowest BCUT2D eigenvalue weighted by Crippen LogP contribution is -2.41. The first kappa shape index (κ1) is 20.9. The summed E-state index contributed by atoms with van der Waals surface area (Å²) in [7, 11) is -2.31. The second-order valence-corrected chi connectivity index (χ2v) is 8.45. The fraction of sp³-hybridized carbons (Fsp3) is 0.350. The predicted molar refractivity (Wildman–Crippen MR) is 107 cm³/mol. The molecular weight excluding hydrogens is 364 g/mol. The summed E-state index contributed by atoms with van der Waals surface area (Å²) >= 11 is 0. The summed E-state index contributed by atoms with van der Waals surface area (Å²) in [6, 6.07) is 7.56. The highest BCUT2D eigenvalue weighted by Crippen LogP contribution is 2.23. The van der Waals surface area contributed by atoms with Crippen molar-refractivity contribution in [3.8, 4) is 5.75 Å². The maximum atomic E-state index is 12.6. The Labute approximate surface area is 161 Å². The van der Waals surface area contributed by atoms with Crippen molar-refractivity contribution in [2.24, 2.45) is 0 Å². The summed E-state index contributed by atoms with van der Waals surface area (Å²) in [6.45, 7) is 9.08. The van der Waals surface area contributed by atoms with Crippen molar-refractivity contribution in [2.45, 2.75) is 45.6 Å². The van der Waals surface area contributed by atoms with Crippen LogP contribution in [0.1, 0.15) is 29.2 Å². The van der Waals surface area contributed by atoms with Crippen LogP contribution in [0.5, 0.6) is 5.75 Å². The Balaban J connectivity index is 2.17. The summed E-state index contributed by atoms with van der Waals surface area (Å²) in [5.41, 5.74) is 4.37. The SMILES string of the molecule is COc1ccc(S(=O)(=O)N[C@@H](C)C(=O)Nc2c(C)cc(C)cc2C)cc1C. The molecule has 1 atom stereocenters. The Morgan fingerprint density at radius 1 is 1.00 bits per heavy atom. The van der Waals surface area contributed by atoms with Crippen molar-refractivity contribution in [2.75, 3.05) is 12.4 Å². The third-order valence-corrected chi connectivity index (χ3v) is 5.87. The molecule has 0 aliphatic carbocycles. The first-order valence-corrected chi connectivity index (χ1v) is 10.1. The van der Waals surface area contributed by atoms with Crippen LogP contribution in [0, 0.1) is 27.7 Å². The molecule has 0 aromatic heterocycles. The predicted octanol–water partition coefficient (Wildman–Crippen LogP) is 3.23. The number of methoxy groups -OCH3 is 1. The number of sulfonamides is 1. The number of carbonyl (C=O) groups is 1. The Kier molecular flexibility index (Phi) is 6.28. The minimum absolute atomic E-state index is 0.0862. The van der Waals surface area contributed by atoms with Gasteiger partial charge in [-0.25, -0.2) is 8.42 Å². The molecule has 2 N–H and O–H groups in total. The van der Waals surface area contributed by atoms with Gasteiger partial charge >= 0.3 is 0 Å². The highest BCUT2D eigenvalue weighted by molar-refractivity contribution is 7.89. The van der Waals surface area contributed by atoms with Crippen molar-refractivity contribution in [3.63, 3.8) is 0 Å². The summed E-state index contributed by atoms with van der Waals surface area (Å²) in [6.07, 6.45) is 0. The van der Waals surface area contributed by atoms with E-state index in [1.54, 1.807) is 13.0 Å². The number of rotatable bonds is 6. The maximum absolute atomic E-state index is 12.6. The molecule has 0 aliphatic heterocycles. The molecule has 0 heterocycles. The van der Waals surface area contributed by atoms with Crippen LogP contribution in [-0.4, -0.2) is 27.5 Å². The first-order valence-electron chi connectivity index (χ1n) is 8.61. The highest BCUT2D eigenvalue weighted by atomic mass is 32.2. The molecule has 0 spiro atoms. The van der Waals surface area contributed by atoms with E-state index in [9.17, 15) is 13.2 Å². The number of anilines is 1. The van der Waals surface area contributed by atoms with E-state index in [0.29, 0.717) is 17.0 Å². The van der Waals surface area contributed by atoms with E-state index in [1.807, 2.05) is 32.9 Å². The van der Waals surface area contributed by atoms with Crippen molar-refractivity contribution in [3.05, 3.63) is 52.6 Å². The standard InChI is InChI=1S/C20H26N2O4S/c1-12-9-14(3)19(15(4)10-12)21-20(23)16(5)22-27(24,25)17-7-8-18(26-6)13(2)11-17/h7-11,16,22H,1-6H3,(H,21,23)/t16-/m0/s1. The average Bonchev–Trinajstić information content (AvgIpc) is 2.57. The van der Waals surface area contributed by atoms with Gasteiger partial charge < -0.3 is 10.1 Å². The molecule has 0 saturated heterocycles. The smallest absolute Gasteiger partial charge is 0.242 e. The molecule has 0 bridgehead atoms. The van der Waals surface area contributed by atoms with E-state index in [2.05, 4.69) is 10.0 Å². The van der Waals surface area contributed by atoms with E-state index in [1.165, 1.54) is 26.2 Å². The molecule has 0 unspecified atom stereocenters. The quantitative estimate of drug-likeness (QED) is 0.793. The van der Waals surface area contributed by atoms with Crippen LogP contribution < -0.4 is 14.8 Å². The largest absolute Gasteiger partial charge is 0.496 e. The molecule has 2 aromatic carbocycles. The molecule has 7 heteroatoms. The number of hydrogen-bond acceptors (Lipinski definition) is 4. The lowest BCUT2D eigenvalue weighted by Gasteiger charge is -2.18. The fourth-order valence-electron chi connectivity index (χ4n) is 2.98. The van der Waals surface area contributed by atoms with Gasteiger partial charge in [0.2, 0.25) is 15.9 Å². The molecule has 0 radical (unpaired) electrons. The molecule has 146 valence electrons. The Bertz CT molecular complexity index is 945. The normalized spacial score (nSPS) is 12.5. The van der Waals surface area contributed by atoms with Gasteiger partial charge in [-0.3, -0.25) is 4.79 Å². The number of ether oxygens (including phenoxy) is 1. The summed E-state index contributed by atoms with van der Waals surface area (Å²) < 4.78 is 32.8. The highest BCUT2D eigenvalue weighted by Gasteiger charge is 2.23. The second-order valence-electron chi connectivity index (χ2n) is 6.74. The minimum atomic E-state index is -3.84. The Morgan fingerprint density at radius 3 is 2.11 bits per heavy atom. The van der Waals surface area contributed by atoms with Gasteiger partial charge in [0.1, 0.15) is 5.75 Å². The Morgan fingerprint density at radius 2 is 1.59 bits per heavy atom. The minimum Gasteiger partial charge on any atom is -0.496 e. The van der Waals surface area contributed by atoms with Crippen LogP contribution in [0.3, 0.4) is 0 Å². The zero-order chi connectivity index (χ0) is 20.4. The van der Waals surface area contributed by atoms with Crippen LogP contribution in [0.2, 0.25) is 0 Å². The molecule has 0 fully saturated rings. The Hall–Kier alpha value is -2.38. The monoisotopic (exact) mass is 390 g/mol. The van der Waals surface area contributed by atoms with Gasteiger partial charge in [-0.1, -0.05) is 17.7 Å². The number of nitrogens with one attached hydrogen (secondary N) is 2. The lowest BCUT2D eigenvalue weighted by molar-refractivity contribution is -0.117. The molecule has 2 rings (SSSR count). The third kappa shape index (κ3) is 4.87. The molecule has 2 aromatic rings. The van der Waals surface area contributed by atoms with Gasteiger partial charge in [-0.15, -0.1) is 0 Å². The molecule has 0 saturated carbocycles. The molecule has 0 aliphatic rings. The fourth-order valence-corrected chi connectivity index (χ4v) is 4.27. The van der Waals surface area contributed by atoms with Gasteiger partial charge in [-0.2, -0.15) is 4.72 Å². The maximum Gasteiger partial charge on any atom is 0.242 e. The van der Waals surface area contributed by atoms with Crippen molar-refractivity contribution in [1.82, 2.24) is 4.72 Å². The van der Waals surface area contributed by atoms with E-state index in [4.69, 9.17) is 4.74 Å². The van der Waals surface area contributed by atoms with Gasteiger partial charge in [0, 0.05) is 5.69 Å².